The molecule has 0 aliphatic carbocycles. The van der Waals surface area contributed by atoms with Crippen LogP contribution in [0.5, 0.6) is 5.75 Å². The zero-order valence-electron chi connectivity index (χ0n) is 10.8. The number of halogens is 1. The number of nitrogens with one attached hydrogen (secondary N) is 1. The summed E-state index contributed by atoms with van der Waals surface area (Å²) in [5, 5.41) is 0. The number of ether oxygens (including phenoxy) is 1. The first-order valence-corrected chi connectivity index (χ1v) is 8.16. The third kappa shape index (κ3) is 3.62. The molecule has 1 heterocycles. The Kier molecular flexibility index (Phi) is 4.85. The van der Waals surface area contributed by atoms with Gasteiger partial charge >= 0.3 is 0 Å². The van der Waals surface area contributed by atoms with Gasteiger partial charge in [-0.15, -0.1) is 0 Å². The number of methoxy groups -OCH3 is 1. The number of benzene rings is 1. The fraction of sp³-hybridized carbons (Fsp3) is 0.231. The summed E-state index contributed by atoms with van der Waals surface area (Å²) in [5.74, 6) is 1.32. The highest BCUT2D eigenvalue weighted by Gasteiger charge is 2.15. The largest absolute Gasteiger partial charge is 0.496 e. The summed E-state index contributed by atoms with van der Waals surface area (Å²) in [4.78, 5) is 0.185. The predicted molar refractivity (Wildman–Crippen MR) is 78.3 cm³/mol. The number of hydrogen-bond acceptors (Lipinski definition) is 4. The minimum absolute atomic E-state index is 0.185. The molecule has 0 saturated carbocycles. The van der Waals surface area contributed by atoms with Crippen LogP contribution in [0.15, 0.2) is 50.4 Å². The van der Waals surface area contributed by atoms with E-state index in [0.29, 0.717) is 16.6 Å². The molecule has 7 heteroatoms. The van der Waals surface area contributed by atoms with Crippen LogP contribution in [0.1, 0.15) is 5.76 Å². The molecule has 1 aromatic carbocycles. The standard InChI is InChI=1S/C13H14BrNO4S/c1-18-13-5-4-11(9-12(13)14)20(16,17)15-7-6-10-3-2-8-19-10/h2-5,8-9,15H,6-7H2,1H3. The third-order valence-corrected chi connectivity index (χ3v) is 4.76. The van der Waals surface area contributed by atoms with Crippen molar-refractivity contribution < 1.29 is 17.6 Å². The Labute approximate surface area is 126 Å². The van der Waals surface area contributed by atoms with Gasteiger partial charge in [0.1, 0.15) is 11.5 Å². The Hall–Kier alpha value is -1.31. The molecule has 0 bridgehead atoms. The molecule has 0 spiro atoms. The summed E-state index contributed by atoms with van der Waals surface area (Å²) in [5.41, 5.74) is 0. The van der Waals surface area contributed by atoms with Gasteiger partial charge in [0, 0.05) is 13.0 Å². The molecular formula is C13H14BrNO4S. The van der Waals surface area contributed by atoms with E-state index in [-0.39, 0.29) is 11.4 Å². The highest BCUT2D eigenvalue weighted by atomic mass is 79.9. The van der Waals surface area contributed by atoms with E-state index in [1.54, 1.807) is 24.5 Å². The Morgan fingerprint density at radius 3 is 2.75 bits per heavy atom. The Morgan fingerprint density at radius 1 is 1.35 bits per heavy atom. The van der Waals surface area contributed by atoms with Crippen LogP contribution in [0, 0.1) is 0 Å². The summed E-state index contributed by atoms with van der Waals surface area (Å²) in [6.45, 7) is 0.277. The van der Waals surface area contributed by atoms with Crippen molar-refractivity contribution in [1.82, 2.24) is 4.72 Å². The maximum Gasteiger partial charge on any atom is 0.240 e. The summed E-state index contributed by atoms with van der Waals surface area (Å²) < 4.78 is 37.6. The minimum atomic E-state index is -3.54. The van der Waals surface area contributed by atoms with Crippen molar-refractivity contribution in [3.05, 3.63) is 46.8 Å². The second kappa shape index (κ2) is 6.43. The lowest BCUT2D eigenvalue weighted by molar-refractivity contribution is 0.411. The van der Waals surface area contributed by atoms with Gasteiger partial charge in [0.15, 0.2) is 0 Å². The average molecular weight is 360 g/mol. The van der Waals surface area contributed by atoms with Gasteiger partial charge in [0.05, 0.1) is 22.7 Å². The molecule has 0 saturated heterocycles. The number of rotatable bonds is 6. The lowest BCUT2D eigenvalue weighted by Gasteiger charge is -2.08. The first kappa shape index (κ1) is 15.1. The second-order valence-electron chi connectivity index (χ2n) is 4.02. The van der Waals surface area contributed by atoms with E-state index >= 15 is 0 Å². The predicted octanol–water partition coefficient (Wildman–Crippen LogP) is 2.57. The smallest absolute Gasteiger partial charge is 0.240 e. The minimum Gasteiger partial charge on any atom is -0.496 e. The van der Waals surface area contributed by atoms with Gasteiger partial charge in [-0.3, -0.25) is 0 Å². The van der Waals surface area contributed by atoms with Crippen LogP contribution in [-0.4, -0.2) is 22.1 Å². The van der Waals surface area contributed by atoms with Crippen LogP contribution < -0.4 is 9.46 Å². The normalized spacial score (nSPS) is 11.5. The molecule has 5 nitrogen and oxygen atoms in total. The first-order chi connectivity index (χ1) is 9.53. The van der Waals surface area contributed by atoms with Crippen molar-refractivity contribution in [3.8, 4) is 5.75 Å². The maximum absolute atomic E-state index is 12.1. The first-order valence-electron chi connectivity index (χ1n) is 5.88. The van der Waals surface area contributed by atoms with E-state index in [0.717, 1.165) is 5.76 Å². The second-order valence-corrected chi connectivity index (χ2v) is 6.64. The molecule has 0 unspecified atom stereocenters. The third-order valence-electron chi connectivity index (χ3n) is 2.68. The highest BCUT2D eigenvalue weighted by Crippen LogP contribution is 2.27. The molecule has 0 aliphatic heterocycles. The van der Waals surface area contributed by atoms with Crippen LogP contribution in [0.3, 0.4) is 0 Å². The zero-order chi connectivity index (χ0) is 14.6. The molecular weight excluding hydrogens is 346 g/mol. The molecule has 108 valence electrons. The Morgan fingerprint density at radius 2 is 2.15 bits per heavy atom. The van der Waals surface area contributed by atoms with E-state index in [1.165, 1.54) is 19.2 Å². The van der Waals surface area contributed by atoms with Gasteiger partial charge in [-0.1, -0.05) is 0 Å². The molecule has 20 heavy (non-hydrogen) atoms. The fourth-order valence-electron chi connectivity index (χ4n) is 1.66. The fourth-order valence-corrected chi connectivity index (χ4v) is 3.41. The van der Waals surface area contributed by atoms with E-state index in [9.17, 15) is 8.42 Å². The quantitative estimate of drug-likeness (QED) is 0.860. The lowest BCUT2D eigenvalue weighted by atomic mass is 10.3. The van der Waals surface area contributed by atoms with Crippen LogP contribution in [0.4, 0.5) is 0 Å². The summed E-state index contributed by atoms with van der Waals surface area (Å²) in [7, 11) is -2.01. The van der Waals surface area contributed by atoms with Gasteiger partial charge in [0.25, 0.3) is 0 Å². The van der Waals surface area contributed by atoms with Crippen LogP contribution in [0.2, 0.25) is 0 Å². The van der Waals surface area contributed by atoms with Crippen LogP contribution in [0.25, 0.3) is 0 Å². The molecule has 0 aliphatic rings. The summed E-state index contributed by atoms with van der Waals surface area (Å²) in [6.07, 6.45) is 2.06. The lowest BCUT2D eigenvalue weighted by Crippen LogP contribution is -2.25. The van der Waals surface area contributed by atoms with Crippen molar-refractivity contribution in [1.29, 1.82) is 0 Å². The zero-order valence-corrected chi connectivity index (χ0v) is 13.2. The van der Waals surface area contributed by atoms with Gasteiger partial charge in [0.2, 0.25) is 10.0 Å². The molecule has 2 aromatic rings. The molecule has 2 rings (SSSR count). The van der Waals surface area contributed by atoms with Crippen LogP contribution >= 0.6 is 15.9 Å². The molecule has 1 N–H and O–H groups in total. The van der Waals surface area contributed by atoms with Gasteiger partial charge in [-0.2, -0.15) is 0 Å². The molecule has 1 aromatic heterocycles. The van der Waals surface area contributed by atoms with Gasteiger partial charge < -0.3 is 9.15 Å². The SMILES string of the molecule is COc1ccc(S(=O)(=O)NCCc2ccco2)cc1Br. The monoisotopic (exact) mass is 359 g/mol. The topological polar surface area (TPSA) is 68.5 Å². The molecule has 0 atom stereocenters. The molecule has 0 radical (unpaired) electrons. The molecule has 0 fully saturated rings. The Bertz CT molecular complexity index is 668. The van der Waals surface area contributed by atoms with E-state index in [4.69, 9.17) is 9.15 Å². The number of hydrogen-bond donors (Lipinski definition) is 1. The highest BCUT2D eigenvalue weighted by molar-refractivity contribution is 9.10. The van der Waals surface area contributed by atoms with Crippen LogP contribution in [-0.2, 0) is 16.4 Å². The number of sulfonamides is 1. The van der Waals surface area contributed by atoms with Gasteiger partial charge in [-0.25, -0.2) is 13.1 Å². The average Bonchev–Trinajstić information content (AvgIpc) is 2.91. The Balaban J connectivity index is 2.04. The van der Waals surface area contributed by atoms with Crippen molar-refractivity contribution >= 4 is 26.0 Å². The van der Waals surface area contributed by atoms with Crippen molar-refractivity contribution in [3.63, 3.8) is 0 Å². The van der Waals surface area contributed by atoms with Gasteiger partial charge in [-0.05, 0) is 46.3 Å². The van der Waals surface area contributed by atoms with Crippen molar-refractivity contribution in [2.75, 3.05) is 13.7 Å². The molecule has 0 amide bonds. The van der Waals surface area contributed by atoms with Crippen molar-refractivity contribution in [2.24, 2.45) is 0 Å². The van der Waals surface area contributed by atoms with Crippen molar-refractivity contribution in [2.45, 2.75) is 11.3 Å². The van der Waals surface area contributed by atoms with E-state index in [1.807, 2.05) is 0 Å². The summed E-state index contributed by atoms with van der Waals surface area (Å²) in [6, 6.07) is 8.18. The number of furan rings is 1. The summed E-state index contributed by atoms with van der Waals surface area (Å²) >= 11 is 3.27. The van der Waals surface area contributed by atoms with E-state index < -0.39 is 10.0 Å². The maximum atomic E-state index is 12.1. The van der Waals surface area contributed by atoms with E-state index in [2.05, 4.69) is 20.7 Å².